The van der Waals surface area contributed by atoms with Crippen molar-refractivity contribution in [3.8, 4) is 0 Å². The molecule has 0 aliphatic carbocycles. The van der Waals surface area contributed by atoms with E-state index in [-0.39, 0.29) is 46.5 Å². The standard InChI is InChI=1S/2C7H7.2ClH.Ti/c2*1-7-5-3-2-4-6-7;;;/h2*2-6H,1H2;2*1H;/q2*-1;;;+4/p-2. The molecule has 0 bridgehead atoms. The Labute approximate surface area is 132 Å². The zero-order chi connectivity index (χ0) is 10.2. The third kappa shape index (κ3) is 11.7. The van der Waals surface area contributed by atoms with Gasteiger partial charge in [-0.2, -0.15) is 49.2 Å². The first-order chi connectivity index (χ1) is 6.79. The maximum atomic E-state index is 3.72. The van der Waals surface area contributed by atoms with E-state index in [1.807, 2.05) is 60.7 Å². The van der Waals surface area contributed by atoms with E-state index < -0.39 is 0 Å². The normalized spacial score (nSPS) is 7.06. The summed E-state index contributed by atoms with van der Waals surface area (Å²) in [6, 6.07) is 19.7. The van der Waals surface area contributed by atoms with Gasteiger partial charge in [0.2, 0.25) is 0 Å². The van der Waals surface area contributed by atoms with Gasteiger partial charge in [0.25, 0.3) is 0 Å². The predicted octanol–water partition coefficient (Wildman–Crippen LogP) is -2.26. The Hall–Kier alpha value is -0.526. The van der Waals surface area contributed by atoms with Crippen LogP contribution in [-0.4, -0.2) is 0 Å². The minimum atomic E-state index is 0. The van der Waals surface area contributed by atoms with Crippen LogP contribution >= 0.6 is 0 Å². The number of benzene rings is 2. The molecule has 0 aliphatic heterocycles. The number of rotatable bonds is 0. The van der Waals surface area contributed by atoms with Crippen molar-refractivity contribution >= 4 is 0 Å². The second-order valence-electron chi connectivity index (χ2n) is 2.97. The van der Waals surface area contributed by atoms with E-state index in [0.717, 1.165) is 11.1 Å². The third-order valence-electron chi connectivity index (χ3n) is 1.69. The monoisotopic (exact) mass is 300 g/mol. The Morgan fingerprint density at radius 1 is 0.529 bits per heavy atom. The molecule has 0 saturated heterocycles. The zero-order valence-corrected chi connectivity index (χ0v) is 12.5. The van der Waals surface area contributed by atoms with Crippen LogP contribution in [0.5, 0.6) is 0 Å². The van der Waals surface area contributed by atoms with Crippen LogP contribution in [0.25, 0.3) is 0 Å². The smallest absolute Gasteiger partial charge is 1.00 e. The van der Waals surface area contributed by atoms with Crippen molar-refractivity contribution in [2.45, 2.75) is 0 Å². The summed E-state index contributed by atoms with van der Waals surface area (Å²) in [5, 5.41) is 0. The Morgan fingerprint density at radius 2 is 0.765 bits per heavy atom. The quantitative estimate of drug-likeness (QED) is 0.381. The minimum Gasteiger partial charge on any atom is -1.00 e. The SMILES string of the molecule is [CH2-]c1ccccc1.[CH2-]c1ccccc1.[Cl-].[Cl-].[Ti+4]. The van der Waals surface area contributed by atoms with Crippen LogP contribution in [0.2, 0.25) is 0 Å². The fourth-order valence-electron chi connectivity index (χ4n) is 0.956. The first-order valence-electron chi connectivity index (χ1n) is 4.53. The van der Waals surface area contributed by atoms with E-state index in [2.05, 4.69) is 13.8 Å². The van der Waals surface area contributed by atoms with Crippen molar-refractivity contribution in [1.29, 1.82) is 0 Å². The van der Waals surface area contributed by atoms with Gasteiger partial charge in [0.1, 0.15) is 0 Å². The molecule has 0 saturated carbocycles. The molecule has 0 aromatic heterocycles. The van der Waals surface area contributed by atoms with Gasteiger partial charge in [-0.15, -0.1) is 24.3 Å². The van der Waals surface area contributed by atoms with Gasteiger partial charge >= 0.3 is 21.7 Å². The first-order valence-corrected chi connectivity index (χ1v) is 4.53. The molecule has 3 heteroatoms. The number of hydrogen-bond acceptors (Lipinski definition) is 0. The number of halogens is 2. The summed E-state index contributed by atoms with van der Waals surface area (Å²) in [7, 11) is 0. The molecular formula is C14H14Cl2Ti. The molecular weight excluding hydrogens is 287 g/mol. The van der Waals surface area contributed by atoms with Gasteiger partial charge in [-0.25, -0.2) is 0 Å². The molecule has 0 nitrogen and oxygen atoms in total. The average molecular weight is 301 g/mol. The van der Waals surface area contributed by atoms with E-state index >= 15 is 0 Å². The van der Waals surface area contributed by atoms with Crippen LogP contribution in [0.1, 0.15) is 11.1 Å². The van der Waals surface area contributed by atoms with Crippen LogP contribution in [0.15, 0.2) is 60.7 Å². The molecule has 2 aromatic rings. The summed E-state index contributed by atoms with van der Waals surface area (Å²) < 4.78 is 0. The predicted molar refractivity (Wildman–Crippen MR) is 61.8 cm³/mol. The molecule has 0 N–H and O–H groups in total. The van der Waals surface area contributed by atoms with Crippen molar-refractivity contribution < 1.29 is 46.5 Å². The second kappa shape index (κ2) is 13.5. The van der Waals surface area contributed by atoms with Gasteiger partial charge in [0, 0.05) is 0 Å². The van der Waals surface area contributed by atoms with Crippen molar-refractivity contribution in [2.75, 3.05) is 0 Å². The molecule has 0 amide bonds. The molecule has 0 aliphatic rings. The van der Waals surface area contributed by atoms with E-state index in [0.29, 0.717) is 0 Å². The third-order valence-corrected chi connectivity index (χ3v) is 1.69. The minimum absolute atomic E-state index is 0. The van der Waals surface area contributed by atoms with E-state index in [1.165, 1.54) is 0 Å². The van der Waals surface area contributed by atoms with Gasteiger partial charge in [-0.1, -0.05) is 12.1 Å². The summed E-state index contributed by atoms with van der Waals surface area (Å²) >= 11 is 0. The summed E-state index contributed by atoms with van der Waals surface area (Å²) in [5.74, 6) is 0. The molecule has 17 heavy (non-hydrogen) atoms. The molecule has 2 aromatic carbocycles. The zero-order valence-electron chi connectivity index (χ0n) is 9.44. The van der Waals surface area contributed by atoms with Gasteiger partial charge in [0.05, 0.1) is 0 Å². The number of hydrogen-bond donors (Lipinski definition) is 0. The van der Waals surface area contributed by atoms with Gasteiger partial charge < -0.3 is 24.8 Å². The van der Waals surface area contributed by atoms with Crippen LogP contribution in [0, 0.1) is 13.8 Å². The van der Waals surface area contributed by atoms with Crippen molar-refractivity contribution in [3.05, 3.63) is 85.6 Å². The molecule has 0 unspecified atom stereocenters. The Kier molecular flexibility index (Phi) is 17.3. The van der Waals surface area contributed by atoms with Crippen molar-refractivity contribution in [3.63, 3.8) is 0 Å². The van der Waals surface area contributed by atoms with E-state index in [4.69, 9.17) is 0 Å². The molecule has 0 heterocycles. The van der Waals surface area contributed by atoms with Gasteiger partial charge in [-0.05, 0) is 0 Å². The van der Waals surface area contributed by atoms with Crippen molar-refractivity contribution in [1.82, 2.24) is 0 Å². The van der Waals surface area contributed by atoms with Crippen LogP contribution < -0.4 is 24.8 Å². The summed E-state index contributed by atoms with van der Waals surface area (Å²) in [5.41, 5.74) is 2.14. The van der Waals surface area contributed by atoms with E-state index in [9.17, 15) is 0 Å². The van der Waals surface area contributed by atoms with Crippen LogP contribution in [-0.2, 0) is 21.7 Å². The summed E-state index contributed by atoms with van der Waals surface area (Å²) in [6.45, 7) is 7.44. The Bertz CT molecular complexity index is 312. The fourth-order valence-corrected chi connectivity index (χ4v) is 0.956. The Balaban J connectivity index is -0.000000196. The molecule has 0 atom stereocenters. The summed E-state index contributed by atoms with van der Waals surface area (Å²) in [6.07, 6.45) is 0. The van der Waals surface area contributed by atoms with Gasteiger partial charge in [-0.3, -0.25) is 0 Å². The molecule has 88 valence electrons. The molecule has 2 rings (SSSR count). The fraction of sp³-hybridized carbons (Fsp3) is 0. The summed E-state index contributed by atoms with van der Waals surface area (Å²) in [4.78, 5) is 0. The Morgan fingerprint density at radius 3 is 0.882 bits per heavy atom. The molecule has 0 fully saturated rings. The van der Waals surface area contributed by atoms with E-state index in [1.54, 1.807) is 0 Å². The average Bonchev–Trinajstić information content (AvgIpc) is 2.21. The van der Waals surface area contributed by atoms with Gasteiger partial charge in [0.15, 0.2) is 0 Å². The van der Waals surface area contributed by atoms with Crippen molar-refractivity contribution in [2.24, 2.45) is 0 Å². The maximum absolute atomic E-state index is 3.72. The second-order valence-corrected chi connectivity index (χ2v) is 2.97. The first kappa shape index (κ1) is 21.7. The topological polar surface area (TPSA) is 0 Å². The van der Waals surface area contributed by atoms with Crippen LogP contribution in [0.3, 0.4) is 0 Å². The molecule has 0 spiro atoms. The molecule has 0 radical (unpaired) electrons. The largest absolute Gasteiger partial charge is 4.00 e. The maximum Gasteiger partial charge on any atom is 4.00 e. The van der Waals surface area contributed by atoms with Crippen LogP contribution in [0.4, 0.5) is 0 Å².